The molecule has 0 N–H and O–H groups in total. The number of rotatable bonds is 68. The fourth-order valence-corrected chi connectivity index (χ4v) is 11.0. The molecule has 0 aliphatic carbocycles. The molecule has 0 amide bonds. The number of hydrogen-bond acceptors (Lipinski definition) is 6. The Labute approximate surface area is 511 Å². The van der Waals surface area contributed by atoms with Crippen molar-refractivity contribution in [3.63, 3.8) is 0 Å². The van der Waals surface area contributed by atoms with Gasteiger partial charge in [-0.05, 0) is 83.5 Å². The molecule has 0 aromatic carbocycles. The van der Waals surface area contributed by atoms with Gasteiger partial charge in [-0.3, -0.25) is 14.4 Å². The minimum Gasteiger partial charge on any atom is -0.462 e. The Morgan fingerprint density at radius 2 is 0.439 bits per heavy atom. The molecule has 480 valence electrons. The van der Waals surface area contributed by atoms with E-state index in [1.807, 2.05) is 0 Å². The highest BCUT2D eigenvalue weighted by molar-refractivity contribution is 5.71. The molecule has 1 atom stereocenters. The molecule has 0 aliphatic rings. The lowest BCUT2D eigenvalue weighted by Crippen LogP contribution is -2.30. The van der Waals surface area contributed by atoms with E-state index in [2.05, 4.69) is 69.4 Å². The summed E-state index contributed by atoms with van der Waals surface area (Å²) >= 11 is 0. The van der Waals surface area contributed by atoms with Gasteiger partial charge in [0.15, 0.2) is 6.10 Å². The molecule has 0 aliphatic heterocycles. The van der Waals surface area contributed by atoms with Crippen molar-refractivity contribution in [1.29, 1.82) is 0 Å². The lowest BCUT2D eigenvalue weighted by Gasteiger charge is -2.18. The molecule has 0 saturated carbocycles. The van der Waals surface area contributed by atoms with Gasteiger partial charge in [-0.1, -0.05) is 345 Å². The molecule has 0 saturated heterocycles. The second-order valence-electron chi connectivity index (χ2n) is 24.9. The quantitative estimate of drug-likeness (QED) is 0.0261. The van der Waals surface area contributed by atoms with Gasteiger partial charge in [0, 0.05) is 19.3 Å². The van der Waals surface area contributed by atoms with Gasteiger partial charge in [-0.25, -0.2) is 0 Å². The van der Waals surface area contributed by atoms with Crippen LogP contribution in [0.4, 0.5) is 0 Å². The zero-order chi connectivity index (χ0) is 59.2. The summed E-state index contributed by atoms with van der Waals surface area (Å²) in [4.78, 5) is 38.5. The summed E-state index contributed by atoms with van der Waals surface area (Å²) in [5.41, 5.74) is 0. The summed E-state index contributed by atoms with van der Waals surface area (Å²) in [7, 11) is 0. The van der Waals surface area contributed by atoms with E-state index in [1.165, 1.54) is 289 Å². The second kappa shape index (κ2) is 70.9. The van der Waals surface area contributed by atoms with Gasteiger partial charge in [-0.2, -0.15) is 0 Å². The average Bonchev–Trinajstić information content (AvgIpc) is 3.47. The van der Waals surface area contributed by atoms with E-state index in [-0.39, 0.29) is 31.1 Å². The van der Waals surface area contributed by atoms with E-state index in [0.29, 0.717) is 19.3 Å². The maximum absolute atomic E-state index is 13.0. The van der Waals surface area contributed by atoms with Crippen molar-refractivity contribution < 1.29 is 28.6 Å². The number of ether oxygens (including phenoxy) is 3. The minimum atomic E-state index is -0.776. The number of carbonyl (C=O) groups excluding carboxylic acids is 3. The molecule has 0 fully saturated rings. The van der Waals surface area contributed by atoms with Crippen molar-refractivity contribution in [3.05, 3.63) is 48.6 Å². The highest BCUT2D eigenvalue weighted by Crippen LogP contribution is 2.18. The van der Waals surface area contributed by atoms with Crippen molar-refractivity contribution in [3.8, 4) is 0 Å². The first-order valence-electron chi connectivity index (χ1n) is 36.6. The molecule has 6 nitrogen and oxygen atoms in total. The molecule has 0 aromatic heterocycles. The van der Waals surface area contributed by atoms with Crippen molar-refractivity contribution in [2.75, 3.05) is 13.2 Å². The lowest BCUT2D eigenvalue weighted by molar-refractivity contribution is -0.167. The highest BCUT2D eigenvalue weighted by atomic mass is 16.6. The fraction of sp³-hybridized carbons (Fsp3) is 0.855. The van der Waals surface area contributed by atoms with E-state index in [4.69, 9.17) is 14.2 Å². The Bertz CT molecular complexity index is 1410. The molecule has 0 bridgehead atoms. The third-order valence-electron chi connectivity index (χ3n) is 16.6. The molecule has 6 heteroatoms. The standard InChI is InChI=1S/C76H140O6/c1-4-7-10-13-16-19-22-25-28-31-34-37-38-40-42-45-48-51-54-57-60-63-66-69-75(78)81-72-73(71-80-74(77)68-65-62-59-56-53-50-47-44-41-36-33-30-27-24-21-18-15-12-9-6-3)82-76(79)70-67-64-61-58-55-52-49-46-43-39-35-32-29-26-23-20-17-14-11-8-5-2/h22-23,25-26,31-32,34-35,73H,4-21,24,27-30,33,36-72H2,1-3H3/b25-22-,26-23-,34-31-,35-32-. The van der Waals surface area contributed by atoms with Crippen LogP contribution >= 0.6 is 0 Å². The van der Waals surface area contributed by atoms with Gasteiger partial charge >= 0.3 is 17.9 Å². The Hall–Kier alpha value is -2.63. The second-order valence-corrected chi connectivity index (χ2v) is 24.9. The summed E-state index contributed by atoms with van der Waals surface area (Å²) in [6, 6.07) is 0. The zero-order valence-electron chi connectivity index (χ0n) is 55.3. The molecule has 0 radical (unpaired) electrons. The van der Waals surface area contributed by atoms with Gasteiger partial charge in [0.2, 0.25) is 0 Å². The topological polar surface area (TPSA) is 78.9 Å². The Kier molecular flexibility index (Phi) is 68.6. The van der Waals surface area contributed by atoms with Gasteiger partial charge in [0.1, 0.15) is 13.2 Å². The molecule has 82 heavy (non-hydrogen) atoms. The van der Waals surface area contributed by atoms with Crippen molar-refractivity contribution >= 4 is 17.9 Å². The smallest absolute Gasteiger partial charge is 0.306 e. The minimum absolute atomic E-state index is 0.0707. The number of carbonyl (C=O) groups is 3. The third kappa shape index (κ3) is 68.2. The zero-order valence-corrected chi connectivity index (χ0v) is 55.3. The van der Waals surface area contributed by atoms with Gasteiger partial charge in [-0.15, -0.1) is 0 Å². The molecule has 0 rings (SSSR count). The van der Waals surface area contributed by atoms with Crippen LogP contribution in [0.1, 0.15) is 400 Å². The van der Waals surface area contributed by atoms with E-state index in [9.17, 15) is 14.4 Å². The highest BCUT2D eigenvalue weighted by Gasteiger charge is 2.19. The van der Waals surface area contributed by atoms with Crippen molar-refractivity contribution in [2.24, 2.45) is 0 Å². The first-order valence-corrected chi connectivity index (χ1v) is 36.6. The molecule has 0 spiro atoms. The first-order chi connectivity index (χ1) is 40.5. The number of hydrogen-bond donors (Lipinski definition) is 0. The Morgan fingerprint density at radius 3 is 0.671 bits per heavy atom. The molecule has 1 unspecified atom stereocenters. The third-order valence-corrected chi connectivity index (χ3v) is 16.6. The lowest BCUT2D eigenvalue weighted by atomic mass is 10.0. The molecular formula is C76H140O6. The van der Waals surface area contributed by atoms with Crippen molar-refractivity contribution in [2.45, 2.75) is 406 Å². The Morgan fingerprint density at radius 1 is 0.244 bits per heavy atom. The number of esters is 3. The number of allylic oxidation sites excluding steroid dienone is 8. The van der Waals surface area contributed by atoms with Gasteiger partial charge in [0.25, 0.3) is 0 Å². The van der Waals surface area contributed by atoms with Gasteiger partial charge < -0.3 is 14.2 Å². The summed E-state index contributed by atoms with van der Waals surface area (Å²) in [5, 5.41) is 0. The fourth-order valence-electron chi connectivity index (χ4n) is 11.0. The van der Waals surface area contributed by atoms with Crippen LogP contribution in [-0.2, 0) is 28.6 Å². The van der Waals surface area contributed by atoms with E-state index in [1.54, 1.807) is 0 Å². The van der Waals surface area contributed by atoms with E-state index in [0.717, 1.165) is 70.6 Å². The predicted octanol–water partition coefficient (Wildman–Crippen LogP) is 25.3. The largest absolute Gasteiger partial charge is 0.462 e. The average molecular weight is 1150 g/mol. The van der Waals surface area contributed by atoms with Gasteiger partial charge in [0.05, 0.1) is 0 Å². The van der Waals surface area contributed by atoms with Crippen LogP contribution < -0.4 is 0 Å². The van der Waals surface area contributed by atoms with Crippen LogP contribution in [0.2, 0.25) is 0 Å². The van der Waals surface area contributed by atoms with Crippen LogP contribution in [0.3, 0.4) is 0 Å². The number of unbranched alkanes of at least 4 members (excludes halogenated alkanes) is 49. The monoisotopic (exact) mass is 1150 g/mol. The van der Waals surface area contributed by atoms with E-state index < -0.39 is 6.10 Å². The van der Waals surface area contributed by atoms with Crippen LogP contribution in [0.15, 0.2) is 48.6 Å². The summed E-state index contributed by atoms with van der Waals surface area (Å²) < 4.78 is 17.0. The molecule has 0 heterocycles. The SMILES string of the molecule is CCCCCCC/C=C\C/C=C\CCCCCCCCCCCCCC(=O)OCC(COC(=O)CCCCCCCCCCCCCCCCCCCCCC)OC(=O)CCCCCCCCCCC/C=C\C/C=C\CCCCCCC. The molecular weight excluding hydrogens is 1010 g/mol. The van der Waals surface area contributed by atoms with Crippen LogP contribution in [0.25, 0.3) is 0 Å². The predicted molar refractivity (Wildman–Crippen MR) is 358 cm³/mol. The van der Waals surface area contributed by atoms with Crippen molar-refractivity contribution in [1.82, 2.24) is 0 Å². The summed E-state index contributed by atoms with van der Waals surface area (Å²) in [6.07, 6.45) is 89.9. The van der Waals surface area contributed by atoms with Crippen LogP contribution in [0.5, 0.6) is 0 Å². The maximum Gasteiger partial charge on any atom is 0.306 e. The Balaban J connectivity index is 4.33. The maximum atomic E-state index is 13.0. The normalized spacial score (nSPS) is 12.3. The van der Waals surface area contributed by atoms with Crippen LogP contribution in [0, 0.1) is 0 Å². The summed E-state index contributed by atoms with van der Waals surface area (Å²) in [6.45, 7) is 6.69. The summed E-state index contributed by atoms with van der Waals surface area (Å²) in [5.74, 6) is -0.847. The van der Waals surface area contributed by atoms with E-state index >= 15 is 0 Å². The molecule has 0 aromatic rings. The first kappa shape index (κ1) is 79.4. The van der Waals surface area contributed by atoms with Crippen LogP contribution in [-0.4, -0.2) is 37.2 Å².